The van der Waals surface area contributed by atoms with E-state index in [0.717, 1.165) is 12.1 Å². The molecule has 1 aromatic carbocycles. The van der Waals surface area contributed by atoms with Crippen molar-refractivity contribution in [3.05, 3.63) is 35.6 Å². The van der Waals surface area contributed by atoms with Gasteiger partial charge in [-0.3, -0.25) is 9.69 Å². The van der Waals surface area contributed by atoms with Crippen molar-refractivity contribution in [2.45, 2.75) is 58.8 Å². The molecule has 27 heavy (non-hydrogen) atoms. The second-order valence-corrected chi connectivity index (χ2v) is 8.16. The van der Waals surface area contributed by atoms with Crippen molar-refractivity contribution in [2.75, 3.05) is 19.6 Å². The van der Waals surface area contributed by atoms with Crippen molar-refractivity contribution < 1.29 is 18.7 Å². The molecule has 1 saturated heterocycles. The second-order valence-electron chi connectivity index (χ2n) is 8.16. The molecule has 0 radical (unpaired) electrons. The number of nitrogens with one attached hydrogen (secondary N) is 1. The fourth-order valence-electron chi connectivity index (χ4n) is 3.15. The number of carbonyl (C=O) groups is 2. The first kappa shape index (κ1) is 21.2. The van der Waals surface area contributed by atoms with E-state index in [0.29, 0.717) is 13.1 Å². The smallest absolute Gasteiger partial charge is 0.408 e. The lowest BCUT2D eigenvalue weighted by atomic mass is 10.1. The number of piperazine rings is 1. The molecular weight excluding hydrogens is 349 g/mol. The van der Waals surface area contributed by atoms with Gasteiger partial charge in [0, 0.05) is 31.7 Å². The highest BCUT2D eigenvalue weighted by molar-refractivity contribution is 5.82. The molecule has 1 heterocycles. The van der Waals surface area contributed by atoms with Gasteiger partial charge in [-0.05, 0) is 52.3 Å². The van der Waals surface area contributed by atoms with Crippen LogP contribution in [0, 0.1) is 5.82 Å². The minimum atomic E-state index is -0.596. The average molecular weight is 379 g/mol. The van der Waals surface area contributed by atoms with Crippen LogP contribution in [-0.2, 0) is 16.1 Å². The van der Waals surface area contributed by atoms with Crippen LogP contribution in [0.2, 0.25) is 0 Å². The summed E-state index contributed by atoms with van der Waals surface area (Å²) in [5.74, 6) is -0.366. The number of hydrogen-bond donors (Lipinski definition) is 1. The zero-order chi connectivity index (χ0) is 20.2. The Bertz CT molecular complexity index is 657. The van der Waals surface area contributed by atoms with Crippen molar-refractivity contribution in [3.8, 4) is 0 Å². The maximum atomic E-state index is 13.1. The highest BCUT2D eigenvalue weighted by Crippen LogP contribution is 2.18. The minimum Gasteiger partial charge on any atom is -0.444 e. The van der Waals surface area contributed by atoms with E-state index in [2.05, 4.69) is 17.1 Å². The summed E-state index contributed by atoms with van der Waals surface area (Å²) in [6.45, 7) is 11.3. The number of benzene rings is 1. The Hall–Kier alpha value is -2.15. The molecule has 2 rings (SSSR count). The zero-order valence-corrected chi connectivity index (χ0v) is 16.8. The Balaban J connectivity index is 1.87. The van der Waals surface area contributed by atoms with Crippen LogP contribution in [0.15, 0.2) is 24.3 Å². The Morgan fingerprint density at radius 3 is 2.37 bits per heavy atom. The quantitative estimate of drug-likeness (QED) is 0.874. The van der Waals surface area contributed by atoms with Crippen LogP contribution >= 0.6 is 0 Å². The number of carbonyl (C=O) groups excluding carboxylic acids is 2. The number of ether oxygens (including phenoxy) is 1. The van der Waals surface area contributed by atoms with Gasteiger partial charge in [-0.25, -0.2) is 9.18 Å². The van der Waals surface area contributed by atoms with Crippen LogP contribution < -0.4 is 5.32 Å². The van der Waals surface area contributed by atoms with Crippen LogP contribution in [0.3, 0.4) is 0 Å². The third-order valence-corrected chi connectivity index (χ3v) is 4.52. The van der Waals surface area contributed by atoms with Crippen LogP contribution in [-0.4, -0.2) is 59.1 Å². The van der Waals surface area contributed by atoms with Crippen LogP contribution in [0.25, 0.3) is 0 Å². The molecule has 150 valence electrons. The number of hydrogen-bond acceptors (Lipinski definition) is 4. The molecular formula is C20H30FN3O3. The van der Waals surface area contributed by atoms with Gasteiger partial charge in [-0.1, -0.05) is 12.1 Å². The van der Waals surface area contributed by atoms with Gasteiger partial charge >= 0.3 is 6.09 Å². The van der Waals surface area contributed by atoms with E-state index >= 15 is 0 Å². The summed E-state index contributed by atoms with van der Waals surface area (Å²) in [5.41, 5.74) is 0.447. The molecule has 0 aliphatic carbocycles. The van der Waals surface area contributed by atoms with Gasteiger partial charge < -0.3 is 15.0 Å². The number of rotatable bonds is 4. The monoisotopic (exact) mass is 379 g/mol. The Labute approximate surface area is 160 Å². The van der Waals surface area contributed by atoms with Gasteiger partial charge in [0.1, 0.15) is 18.0 Å². The van der Waals surface area contributed by atoms with Crippen molar-refractivity contribution in [1.29, 1.82) is 0 Å². The summed E-state index contributed by atoms with van der Waals surface area (Å²) in [4.78, 5) is 28.3. The average Bonchev–Trinajstić information content (AvgIpc) is 2.56. The van der Waals surface area contributed by atoms with Crippen molar-refractivity contribution >= 4 is 12.0 Å². The molecule has 1 aromatic rings. The van der Waals surface area contributed by atoms with Crippen LogP contribution in [0.1, 0.15) is 40.2 Å². The molecule has 0 spiro atoms. The fourth-order valence-corrected chi connectivity index (χ4v) is 3.15. The summed E-state index contributed by atoms with van der Waals surface area (Å²) in [6, 6.07) is 6.69. The van der Waals surface area contributed by atoms with Gasteiger partial charge in [0.2, 0.25) is 5.91 Å². The van der Waals surface area contributed by atoms with Gasteiger partial charge in [0.15, 0.2) is 0 Å². The zero-order valence-electron chi connectivity index (χ0n) is 16.8. The second kappa shape index (κ2) is 8.69. The molecule has 1 aliphatic heterocycles. The molecule has 0 bridgehead atoms. The Morgan fingerprint density at radius 1 is 1.15 bits per heavy atom. The highest BCUT2D eigenvalue weighted by atomic mass is 19.1. The molecule has 1 fully saturated rings. The summed E-state index contributed by atoms with van der Waals surface area (Å²) < 4.78 is 18.2. The number of alkyl carbamates (subject to hydrolysis) is 1. The van der Waals surface area contributed by atoms with E-state index in [9.17, 15) is 14.0 Å². The normalized spacial score (nSPS) is 21.0. The van der Waals surface area contributed by atoms with E-state index in [1.807, 2.05) is 6.92 Å². The molecule has 1 N–H and O–H groups in total. The lowest BCUT2D eigenvalue weighted by molar-refractivity contribution is -0.136. The van der Waals surface area contributed by atoms with Crippen LogP contribution in [0.5, 0.6) is 0 Å². The van der Waals surface area contributed by atoms with E-state index < -0.39 is 11.7 Å². The molecule has 0 saturated carbocycles. The van der Waals surface area contributed by atoms with E-state index in [1.54, 1.807) is 37.8 Å². The highest BCUT2D eigenvalue weighted by Gasteiger charge is 2.32. The topological polar surface area (TPSA) is 61.9 Å². The predicted molar refractivity (Wildman–Crippen MR) is 102 cm³/mol. The molecule has 6 nitrogen and oxygen atoms in total. The maximum absolute atomic E-state index is 13.1. The molecule has 0 aromatic heterocycles. The summed E-state index contributed by atoms with van der Waals surface area (Å²) >= 11 is 0. The van der Waals surface area contributed by atoms with Crippen molar-refractivity contribution in [3.63, 3.8) is 0 Å². The lowest BCUT2D eigenvalue weighted by Crippen LogP contribution is -2.59. The first-order valence-electron chi connectivity index (χ1n) is 9.30. The summed E-state index contributed by atoms with van der Waals surface area (Å²) in [6.07, 6.45) is -0.591. The first-order chi connectivity index (χ1) is 12.5. The van der Waals surface area contributed by atoms with Gasteiger partial charge in [-0.2, -0.15) is 0 Å². The summed E-state index contributed by atoms with van der Waals surface area (Å²) in [5, 5.41) is 2.53. The van der Waals surface area contributed by atoms with Gasteiger partial charge in [0.05, 0.1) is 0 Å². The predicted octanol–water partition coefficient (Wildman–Crippen LogP) is 2.77. The summed E-state index contributed by atoms with van der Waals surface area (Å²) in [7, 11) is 0. The van der Waals surface area contributed by atoms with Gasteiger partial charge in [0.25, 0.3) is 0 Å². The van der Waals surface area contributed by atoms with Crippen molar-refractivity contribution in [2.24, 2.45) is 0 Å². The molecule has 0 unspecified atom stereocenters. The molecule has 2 amide bonds. The maximum Gasteiger partial charge on any atom is 0.408 e. The number of nitrogens with zero attached hydrogens (tertiary/aromatic N) is 2. The van der Waals surface area contributed by atoms with E-state index in [-0.39, 0.29) is 30.4 Å². The number of amides is 2. The standard InChI is InChI=1S/C20H30FN3O3/c1-14-12-24(18(25)10-22-19(26)27-20(3,4)5)15(2)11-23(14)13-16-6-8-17(21)9-7-16/h6-9,14-15H,10-13H2,1-5H3,(H,22,26)/t14-,15+/m0/s1. The SMILES string of the molecule is C[C@@H]1CN(Cc2ccc(F)cc2)[C@@H](C)CN1C(=O)CNC(=O)OC(C)(C)C. The Kier molecular flexibility index (Phi) is 6.81. The van der Waals surface area contributed by atoms with E-state index in [4.69, 9.17) is 4.74 Å². The Morgan fingerprint density at radius 2 is 1.78 bits per heavy atom. The van der Waals surface area contributed by atoms with Crippen molar-refractivity contribution in [1.82, 2.24) is 15.1 Å². The fraction of sp³-hybridized carbons (Fsp3) is 0.600. The molecule has 1 aliphatic rings. The van der Waals surface area contributed by atoms with Gasteiger partial charge in [-0.15, -0.1) is 0 Å². The molecule has 2 atom stereocenters. The largest absolute Gasteiger partial charge is 0.444 e. The third kappa shape index (κ3) is 6.50. The minimum absolute atomic E-state index is 0.0228. The lowest BCUT2D eigenvalue weighted by Gasteiger charge is -2.44. The first-order valence-corrected chi connectivity index (χ1v) is 9.30. The third-order valence-electron chi connectivity index (χ3n) is 4.52. The van der Waals surface area contributed by atoms with Crippen LogP contribution in [0.4, 0.5) is 9.18 Å². The van der Waals surface area contributed by atoms with E-state index in [1.165, 1.54) is 12.1 Å². The molecule has 7 heteroatoms. The number of halogens is 1.